The molecule has 0 radical (unpaired) electrons. The van der Waals surface area contributed by atoms with Gasteiger partial charge in [-0.25, -0.2) is 0 Å². The molecule has 2 aromatic rings. The van der Waals surface area contributed by atoms with E-state index in [1.165, 1.54) is 25.5 Å². The van der Waals surface area contributed by atoms with Gasteiger partial charge in [-0.05, 0) is 37.5 Å². The molecule has 190 valence electrons. The van der Waals surface area contributed by atoms with E-state index >= 15 is 0 Å². The summed E-state index contributed by atoms with van der Waals surface area (Å²) in [6.07, 6.45) is 5.29. The van der Waals surface area contributed by atoms with Crippen molar-refractivity contribution < 1.29 is 23.8 Å². The van der Waals surface area contributed by atoms with Crippen LogP contribution in [0.15, 0.2) is 36.4 Å². The molecular formula is C26H32Cl2N2O5. The van der Waals surface area contributed by atoms with Gasteiger partial charge in [-0.3, -0.25) is 9.59 Å². The predicted octanol–water partition coefficient (Wildman–Crippen LogP) is 5.26. The number of halogens is 2. The Morgan fingerprint density at radius 3 is 2.23 bits per heavy atom. The van der Waals surface area contributed by atoms with Crippen LogP contribution < -0.4 is 19.5 Å². The lowest BCUT2D eigenvalue weighted by atomic mass is 9.95. The van der Waals surface area contributed by atoms with Crippen molar-refractivity contribution >= 4 is 35.0 Å². The second kappa shape index (κ2) is 12.9. The summed E-state index contributed by atoms with van der Waals surface area (Å²) in [5.41, 5.74) is 0.685. The third kappa shape index (κ3) is 7.67. The third-order valence-electron chi connectivity index (χ3n) is 6.16. The lowest BCUT2D eigenvalue weighted by Crippen LogP contribution is -2.51. The number of carbonyl (C=O) groups is 2. The van der Waals surface area contributed by atoms with Gasteiger partial charge in [0.1, 0.15) is 23.3 Å². The molecule has 1 atom stereocenters. The molecule has 7 nitrogen and oxygen atoms in total. The number of hydrogen-bond acceptors (Lipinski definition) is 5. The molecule has 3 rings (SSSR count). The number of benzene rings is 2. The summed E-state index contributed by atoms with van der Waals surface area (Å²) in [5.74, 6) is 0.939. The first-order valence-corrected chi connectivity index (χ1v) is 12.5. The predicted molar refractivity (Wildman–Crippen MR) is 137 cm³/mol. The normalized spacial score (nSPS) is 14.7. The minimum atomic E-state index is -0.723. The summed E-state index contributed by atoms with van der Waals surface area (Å²) in [5, 5.41) is 4.03. The van der Waals surface area contributed by atoms with E-state index in [1.807, 2.05) is 0 Å². The highest BCUT2D eigenvalue weighted by atomic mass is 35.5. The van der Waals surface area contributed by atoms with Crippen LogP contribution in [0.1, 0.15) is 44.6 Å². The van der Waals surface area contributed by atoms with Crippen molar-refractivity contribution in [3.8, 4) is 17.2 Å². The van der Waals surface area contributed by atoms with Gasteiger partial charge in [0, 0.05) is 40.8 Å². The Kier molecular flexibility index (Phi) is 9.93. The summed E-state index contributed by atoms with van der Waals surface area (Å²) in [7, 11) is 3.07. The van der Waals surface area contributed by atoms with Crippen molar-refractivity contribution in [2.45, 2.75) is 57.7 Å². The van der Waals surface area contributed by atoms with Crippen molar-refractivity contribution in [3.05, 3.63) is 52.0 Å². The number of methoxy groups -OCH3 is 2. The van der Waals surface area contributed by atoms with E-state index < -0.39 is 6.04 Å². The average molecular weight is 523 g/mol. The zero-order valence-corrected chi connectivity index (χ0v) is 21.8. The third-order valence-corrected chi connectivity index (χ3v) is 6.75. The van der Waals surface area contributed by atoms with Crippen LogP contribution in [-0.2, 0) is 16.1 Å². The van der Waals surface area contributed by atoms with Crippen molar-refractivity contribution in [2.75, 3.05) is 20.8 Å². The fourth-order valence-electron chi connectivity index (χ4n) is 4.08. The number of nitrogens with one attached hydrogen (secondary N) is 1. The second-order valence-corrected chi connectivity index (χ2v) is 9.46. The lowest BCUT2D eigenvalue weighted by molar-refractivity contribution is -0.142. The summed E-state index contributed by atoms with van der Waals surface area (Å²) < 4.78 is 16.3. The van der Waals surface area contributed by atoms with Crippen molar-refractivity contribution in [1.82, 2.24) is 10.2 Å². The van der Waals surface area contributed by atoms with E-state index in [0.29, 0.717) is 32.9 Å². The smallest absolute Gasteiger partial charge is 0.261 e. The quantitative estimate of drug-likeness (QED) is 0.460. The Morgan fingerprint density at radius 2 is 1.63 bits per heavy atom. The Labute approximate surface area is 216 Å². The minimum absolute atomic E-state index is 0.135. The summed E-state index contributed by atoms with van der Waals surface area (Å²) in [6.45, 7) is 1.58. The van der Waals surface area contributed by atoms with Crippen LogP contribution in [0.4, 0.5) is 0 Å². The molecule has 35 heavy (non-hydrogen) atoms. The van der Waals surface area contributed by atoms with Crippen molar-refractivity contribution in [2.24, 2.45) is 0 Å². The number of hydrogen-bond donors (Lipinski definition) is 1. The zero-order valence-electron chi connectivity index (χ0n) is 20.3. The highest BCUT2D eigenvalue weighted by Crippen LogP contribution is 2.28. The number of ether oxygens (including phenoxy) is 3. The van der Waals surface area contributed by atoms with Crippen LogP contribution in [0.3, 0.4) is 0 Å². The Morgan fingerprint density at radius 1 is 1.00 bits per heavy atom. The van der Waals surface area contributed by atoms with E-state index in [4.69, 9.17) is 37.4 Å². The lowest BCUT2D eigenvalue weighted by Gasteiger charge is -2.31. The molecule has 9 heteroatoms. The molecule has 0 saturated heterocycles. The summed E-state index contributed by atoms with van der Waals surface area (Å²) >= 11 is 12.4. The largest absolute Gasteiger partial charge is 0.496 e. The maximum Gasteiger partial charge on any atom is 0.261 e. The number of carbonyl (C=O) groups excluding carboxylic acids is 2. The summed E-state index contributed by atoms with van der Waals surface area (Å²) in [4.78, 5) is 27.9. The molecular weight excluding hydrogens is 491 g/mol. The fraction of sp³-hybridized carbons (Fsp3) is 0.462. The number of amides is 2. The molecule has 1 N–H and O–H groups in total. The van der Waals surface area contributed by atoms with E-state index in [2.05, 4.69) is 5.32 Å². The SMILES string of the molecule is COc1cc(OC)cc(OCC(=O)N(Cc2ccc(Cl)cc2Cl)[C@@H](C)C(=O)NC2CCCCC2)c1. The Hall–Kier alpha value is -2.64. The second-order valence-electron chi connectivity index (χ2n) is 8.61. The minimum Gasteiger partial charge on any atom is -0.496 e. The molecule has 0 heterocycles. The van der Waals surface area contributed by atoms with E-state index in [0.717, 1.165) is 25.7 Å². The van der Waals surface area contributed by atoms with Gasteiger partial charge in [0.15, 0.2) is 6.61 Å². The molecule has 0 aliphatic heterocycles. The van der Waals surface area contributed by atoms with Gasteiger partial charge in [-0.15, -0.1) is 0 Å². The molecule has 1 aliphatic rings. The highest BCUT2D eigenvalue weighted by Gasteiger charge is 2.29. The van der Waals surface area contributed by atoms with Gasteiger partial charge in [-0.1, -0.05) is 48.5 Å². The van der Waals surface area contributed by atoms with Crippen LogP contribution >= 0.6 is 23.2 Å². The molecule has 1 aliphatic carbocycles. The average Bonchev–Trinajstić information content (AvgIpc) is 2.86. The Bertz CT molecular complexity index is 1000. The standard InChI is InChI=1S/C26H32Cl2N2O5/c1-17(26(32)29-20-7-5-4-6-8-20)30(15-18-9-10-19(27)11-24(18)28)25(31)16-35-23-13-21(33-2)12-22(14-23)34-3/h9-14,17,20H,4-8,15-16H2,1-3H3,(H,29,32)/t17-/m0/s1. The fourth-order valence-corrected chi connectivity index (χ4v) is 4.55. The van der Waals surface area contributed by atoms with Gasteiger partial charge in [0.05, 0.1) is 14.2 Å². The molecule has 1 saturated carbocycles. The first-order chi connectivity index (χ1) is 16.8. The Balaban J connectivity index is 1.76. The number of nitrogens with zero attached hydrogens (tertiary/aromatic N) is 1. The van der Waals surface area contributed by atoms with E-state index in [9.17, 15) is 9.59 Å². The van der Waals surface area contributed by atoms with E-state index in [1.54, 1.807) is 43.3 Å². The van der Waals surface area contributed by atoms with Gasteiger partial charge >= 0.3 is 0 Å². The van der Waals surface area contributed by atoms with Crippen LogP contribution in [0.2, 0.25) is 10.0 Å². The van der Waals surface area contributed by atoms with Gasteiger partial charge < -0.3 is 24.4 Å². The van der Waals surface area contributed by atoms with Crippen LogP contribution in [0.5, 0.6) is 17.2 Å². The first-order valence-electron chi connectivity index (χ1n) is 11.7. The van der Waals surface area contributed by atoms with Crippen LogP contribution in [-0.4, -0.2) is 49.6 Å². The molecule has 0 unspecified atom stereocenters. The topological polar surface area (TPSA) is 77.1 Å². The molecule has 0 bridgehead atoms. The van der Waals surface area contributed by atoms with Gasteiger partial charge in [0.25, 0.3) is 5.91 Å². The highest BCUT2D eigenvalue weighted by molar-refractivity contribution is 6.35. The monoisotopic (exact) mass is 522 g/mol. The van der Waals surface area contributed by atoms with Gasteiger partial charge in [0.2, 0.25) is 5.91 Å². The van der Waals surface area contributed by atoms with Crippen LogP contribution in [0, 0.1) is 0 Å². The van der Waals surface area contributed by atoms with Crippen molar-refractivity contribution in [3.63, 3.8) is 0 Å². The summed E-state index contributed by atoms with van der Waals surface area (Å²) in [6, 6.07) is 9.52. The van der Waals surface area contributed by atoms with Gasteiger partial charge in [-0.2, -0.15) is 0 Å². The number of rotatable bonds is 10. The first kappa shape index (κ1) is 27.0. The zero-order chi connectivity index (χ0) is 25.4. The molecule has 0 spiro atoms. The van der Waals surface area contributed by atoms with Crippen molar-refractivity contribution in [1.29, 1.82) is 0 Å². The van der Waals surface area contributed by atoms with E-state index in [-0.39, 0.29) is 31.0 Å². The molecule has 0 aromatic heterocycles. The maximum atomic E-state index is 13.3. The molecule has 2 amide bonds. The maximum absolute atomic E-state index is 13.3. The molecule has 1 fully saturated rings. The van der Waals surface area contributed by atoms with Crippen LogP contribution in [0.25, 0.3) is 0 Å². The molecule has 2 aromatic carbocycles.